The van der Waals surface area contributed by atoms with Crippen LogP contribution in [0.4, 0.5) is 0 Å². The Labute approximate surface area is 153 Å². The van der Waals surface area contributed by atoms with E-state index >= 15 is 0 Å². The van der Waals surface area contributed by atoms with Crippen LogP contribution >= 0.6 is 21.9 Å². The molecule has 1 atom stereocenters. The van der Waals surface area contributed by atoms with E-state index < -0.39 is 0 Å². The molecule has 0 aromatic heterocycles. The van der Waals surface area contributed by atoms with Gasteiger partial charge < -0.3 is 0 Å². The van der Waals surface area contributed by atoms with Gasteiger partial charge in [0.1, 0.15) is 0 Å². The summed E-state index contributed by atoms with van der Waals surface area (Å²) in [7, 11) is 2.69. The summed E-state index contributed by atoms with van der Waals surface area (Å²) in [5, 5.41) is 1.13. The van der Waals surface area contributed by atoms with Crippen LogP contribution in [0, 0.1) is 12.8 Å². The molecule has 0 fully saturated rings. The number of carbonyl (C=O) groups is 1. The minimum absolute atomic E-state index is 0.177. The van der Waals surface area contributed by atoms with E-state index in [1.807, 2.05) is 42.5 Å². The SMILES string of the molecule is C#C.CCC.O=C1Cc2ccc(P)cc2C=C1c1ccc(S)cc1. The third-order valence-corrected chi connectivity index (χ3v) is 3.96. The van der Waals surface area contributed by atoms with Crippen LogP contribution in [0.2, 0.25) is 0 Å². The lowest BCUT2D eigenvalue weighted by Crippen LogP contribution is -2.12. The molecule has 0 N–H and O–H groups in total. The first-order valence-corrected chi connectivity index (χ1v) is 8.83. The highest BCUT2D eigenvalue weighted by atomic mass is 32.1. The molecule has 0 radical (unpaired) electrons. The van der Waals surface area contributed by atoms with E-state index in [4.69, 9.17) is 0 Å². The molecule has 1 unspecified atom stereocenters. The van der Waals surface area contributed by atoms with Crippen molar-refractivity contribution in [3.05, 3.63) is 59.2 Å². The highest BCUT2D eigenvalue weighted by molar-refractivity contribution is 7.80. The molecule has 0 amide bonds. The van der Waals surface area contributed by atoms with E-state index in [1.54, 1.807) is 0 Å². The molecule has 0 aliphatic heterocycles. The van der Waals surface area contributed by atoms with E-state index in [2.05, 4.69) is 54.6 Å². The molecule has 1 nitrogen and oxygen atoms in total. The third kappa shape index (κ3) is 5.38. The van der Waals surface area contributed by atoms with E-state index in [0.29, 0.717) is 6.42 Å². The number of terminal acetylenes is 1. The molecular weight excluding hydrogens is 331 g/mol. The number of hydrogen-bond donors (Lipinski definition) is 1. The fourth-order valence-corrected chi connectivity index (χ4v) is 2.72. The lowest BCUT2D eigenvalue weighted by Gasteiger charge is -2.16. The van der Waals surface area contributed by atoms with Crippen molar-refractivity contribution in [1.82, 2.24) is 0 Å². The van der Waals surface area contributed by atoms with Gasteiger partial charge in [0.15, 0.2) is 5.78 Å². The molecule has 3 rings (SSSR count). The average Bonchev–Trinajstić information content (AvgIpc) is 2.58. The number of hydrogen-bond acceptors (Lipinski definition) is 2. The Morgan fingerprint density at radius 2 is 1.67 bits per heavy atom. The summed E-state index contributed by atoms with van der Waals surface area (Å²) in [5.74, 6) is 0.177. The van der Waals surface area contributed by atoms with Gasteiger partial charge in [-0.1, -0.05) is 44.5 Å². The van der Waals surface area contributed by atoms with Crippen LogP contribution in [0.5, 0.6) is 0 Å². The fraction of sp³-hybridized carbons (Fsp3) is 0.190. The van der Waals surface area contributed by atoms with E-state index in [0.717, 1.165) is 32.5 Å². The van der Waals surface area contributed by atoms with Crippen LogP contribution in [-0.2, 0) is 11.2 Å². The maximum Gasteiger partial charge on any atom is 0.167 e. The van der Waals surface area contributed by atoms with Gasteiger partial charge in [-0.15, -0.1) is 34.7 Å². The highest BCUT2D eigenvalue weighted by Crippen LogP contribution is 2.28. The number of rotatable bonds is 1. The van der Waals surface area contributed by atoms with Crippen molar-refractivity contribution in [1.29, 1.82) is 0 Å². The molecule has 0 saturated heterocycles. The molecule has 0 saturated carbocycles. The molecule has 0 spiro atoms. The number of Topliss-reactive ketones (excluding diaryl/α,β-unsaturated/α-hetero) is 1. The summed E-state index contributed by atoms with van der Waals surface area (Å²) < 4.78 is 0. The molecule has 2 aromatic rings. The standard InChI is InChI=1S/C16H13OPS.C3H8.C2H2/c17-16-9-11-1-4-13(18)7-12(11)8-15(16)10-2-5-14(19)6-3-10;1-3-2;1-2/h1-8,19H,9,18H2;3H2,1-2H3;1-2H. The second kappa shape index (κ2) is 10.1. The fourth-order valence-electron chi connectivity index (χ4n) is 2.30. The lowest BCUT2D eigenvalue weighted by molar-refractivity contribution is -0.113. The Bertz CT molecular complexity index is 742. The first kappa shape index (κ1) is 20.2. The molecule has 24 heavy (non-hydrogen) atoms. The molecule has 3 heteroatoms. The summed E-state index contributed by atoms with van der Waals surface area (Å²) in [6.07, 6.45) is 11.7. The van der Waals surface area contributed by atoms with Crippen molar-refractivity contribution in [3.8, 4) is 12.8 Å². The largest absolute Gasteiger partial charge is 0.294 e. The first-order valence-electron chi connectivity index (χ1n) is 7.81. The Morgan fingerprint density at radius 1 is 1.08 bits per heavy atom. The summed E-state index contributed by atoms with van der Waals surface area (Å²) in [5.41, 5.74) is 3.99. The van der Waals surface area contributed by atoms with Crippen LogP contribution < -0.4 is 5.30 Å². The Balaban J connectivity index is 0.000000521. The first-order chi connectivity index (χ1) is 11.5. The van der Waals surface area contributed by atoms with Crippen molar-refractivity contribution in [2.75, 3.05) is 0 Å². The predicted molar refractivity (Wildman–Crippen MR) is 112 cm³/mol. The summed E-state index contributed by atoms with van der Waals surface area (Å²) in [4.78, 5) is 13.1. The third-order valence-electron chi connectivity index (χ3n) is 3.30. The molecule has 124 valence electrons. The zero-order valence-electron chi connectivity index (χ0n) is 14.1. The van der Waals surface area contributed by atoms with Gasteiger partial charge in [-0.05, 0) is 46.3 Å². The molecule has 1 aliphatic carbocycles. The van der Waals surface area contributed by atoms with Gasteiger partial charge >= 0.3 is 0 Å². The maximum atomic E-state index is 12.2. The van der Waals surface area contributed by atoms with Gasteiger partial charge in [-0.25, -0.2) is 0 Å². The van der Waals surface area contributed by atoms with Gasteiger partial charge in [0.25, 0.3) is 0 Å². The second-order valence-corrected chi connectivity index (χ2v) is 6.55. The number of benzene rings is 2. The van der Waals surface area contributed by atoms with Crippen LogP contribution in [0.3, 0.4) is 0 Å². The van der Waals surface area contributed by atoms with Crippen LogP contribution in [0.25, 0.3) is 11.6 Å². The number of carbonyl (C=O) groups excluding carboxylic acids is 1. The van der Waals surface area contributed by atoms with Crippen molar-refractivity contribution >= 4 is 44.6 Å². The Morgan fingerprint density at radius 3 is 2.25 bits per heavy atom. The Hall–Kier alpha value is -1.81. The lowest BCUT2D eigenvalue weighted by atomic mass is 9.88. The van der Waals surface area contributed by atoms with Gasteiger partial charge in [-0.3, -0.25) is 4.79 Å². The summed E-state index contributed by atoms with van der Waals surface area (Å²) in [6, 6.07) is 13.9. The number of ketones is 1. The van der Waals surface area contributed by atoms with Crippen molar-refractivity contribution in [3.63, 3.8) is 0 Å². The molecule has 1 aliphatic rings. The smallest absolute Gasteiger partial charge is 0.167 e. The van der Waals surface area contributed by atoms with Crippen molar-refractivity contribution < 1.29 is 4.79 Å². The van der Waals surface area contributed by atoms with Crippen LogP contribution in [0.1, 0.15) is 37.0 Å². The van der Waals surface area contributed by atoms with Crippen molar-refractivity contribution in [2.45, 2.75) is 31.6 Å². The van der Waals surface area contributed by atoms with E-state index in [1.165, 1.54) is 6.42 Å². The van der Waals surface area contributed by atoms with Crippen molar-refractivity contribution in [2.24, 2.45) is 0 Å². The topological polar surface area (TPSA) is 17.1 Å². The number of allylic oxidation sites excluding steroid dienone is 1. The minimum atomic E-state index is 0.177. The second-order valence-electron chi connectivity index (χ2n) is 5.37. The van der Waals surface area contributed by atoms with Gasteiger partial charge in [0, 0.05) is 16.9 Å². The van der Waals surface area contributed by atoms with E-state index in [9.17, 15) is 4.79 Å². The number of thiol groups is 1. The Kier molecular flexibility index (Phi) is 8.55. The normalized spacial score (nSPS) is 11.9. The molecule has 0 bridgehead atoms. The highest BCUT2D eigenvalue weighted by Gasteiger charge is 2.19. The van der Waals surface area contributed by atoms with Crippen LogP contribution in [0.15, 0.2) is 47.4 Å². The van der Waals surface area contributed by atoms with Crippen LogP contribution in [-0.4, -0.2) is 5.78 Å². The zero-order valence-corrected chi connectivity index (χ0v) is 16.2. The molecule has 2 aromatic carbocycles. The van der Waals surface area contributed by atoms with E-state index in [-0.39, 0.29) is 5.78 Å². The monoisotopic (exact) mass is 354 g/mol. The quantitative estimate of drug-likeness (QED) is 0.442. The summed E-state index contributed by atoms with van der Waals surface area (Å²) >= 11 is 4.27. The molecule has 0 heterocycles. The number of fused-ring (bicyclic) bond motifs is 1. The van der Waals surface area contributed by atoms with Gasteiger partial charge in [0.05, 0.1) is 0 Å². The average molecular weight is 354 g/mol. The van der Waals surface area contributed by atoms with Gasteiger partial charge in [0.2, 0.25) is 0 Å². The minimum Gasteiger partial charge on any atom is -0.294 e. The molecular formula is C21H23OPS. The summed E-state index contributed by atoms with van der Waals surface area (Å²) in [6.45, 7) is 4.25. The van der Waals surface area contributed by atoms with Gasteiger partial charge in [-0.2, -0.15) is 0 Å². The maximum absolute atomic E-state index is 12.2. The zero-order chi connectivity index (χ0) is 18.1. The predicted octanol–water partition coefficient (Wildman–Crippen LogP) is 4.81.